The molecule has 2 rings (SSSR count). The van der Waals surface area contributed by atoms with E-state index in [0.29, 0.717) is 24.0 Å². The number of ether oxygens (including phenoxy) is 1. The second-order valence-electron chi connectivity index (χ2n) is 3.73. The van der Waals surface area contributed by atoms with E-state index in [1.807, 2.05) is 24.3 Å². The van der Waals surface area contributed by atoms with Crippen LogP contribution in [0.2, 0.25) is 0 Å². The Morgan fingerprint density at radius 1 is 1.41 bits per heavy atom. The van der Waals surface area contributed by atoms with Crippen LogP contribution in [0.1, 0.15) is 12.3 Å². The first kappa shape index (κ1) is 11.6. The first-order valence-electron chi connectivity index (χ1n) is 5.47. The summed E-state index contributed by atoms with van der Waals surface area (Å²) < 4.78 is 10.1. The lowest BCUT2D eigenvalue weighted by Crippen LogP contribution is -1.92. The molecule has 0 saturated carbocycles. The summed E-state index contributed by atoms with van der Waals surface area (Å²) in [4.78, 5) is 4.30. The van der Waals surface area contributed by atoms with Crippen molar-refractivity contribution in [3.8, 4) is 11.4 Å². The highest BCUT2D eigenvalue weighted by molar-refractivity contribution is 5.60. The van der Waals surface area contributed by atoms with Crippen LogP contribution in [0, 0.1) is 0 Å². The maximum Gasteiger partial charge on any atom is 0.227 e. The average Bonchev–Trinajstić information content (AvgIpc) is 2.78. The Kier molecular flexibility index (Phi) is 3.72. The zero-order valence-electron chi connectivity index (χ0n) is 9.72. The molecule has 0 aliphatic rings. The van der Waals surface area contributed by atoms with Gasteiger partial charge in [0.2, 0.25) is 11.7 Å². The van der Waals surface area contributed by atoms with Crippen LogP contribution in [0.3, 0.4) is 0 Å². The first-order valence-corrected chi connectivity index (χ1v) is 5.47. The zero-order valence-corrected chi connectivity index (χ0v) is 9.72. The minimum atomic E-state index is 0.574. The van der Waals surface area contributed by atoms with Crippen molar-refractivity contribution in [2.45, 2.75) is 12.8 Å². The van der Waals surface area contributed by atoms with E-state index in [4.69, 9.17) is 15.0 Å². The van der Waals surface area contributed by atoms with Crippen LogP contribution >= 0.6 is 0 Å². The van der Waals surface area contributed by atoms with E-state index in [1.165, 1.54) is 0 Å². The number of methoxy groups -OCH3 is 1. The molecule has 0 spiro atoms. The number of hydrogen-bond donors (Lipinski definition) is 1. The summed E-state index contributed by atoms with van der Waals surface area (Å²) in [5, 5.41) is 3.92. The Hall–Kier alpha value is -1.88. The average molecular weight is 233 g/mol. The summed E-state index contributed by atoms with van der Waals surface area (Å²) in [6, 6.07) is 7.42. The SMILES string of the molecule is COCCCc1nc(-c2cccc(N)c2)no1. The summed E-state index contributed by atoms with van der Waals surface area (Å²) in [6.07, 6.45) is 1.60. The number of hydrogen-bond acceptors (Lipinski definition) is 5. The molecule has 90 valence electrons. The van der Waals surface area contributed by atoms with Gasteiger partial charge in [-0.15, -0.1) is 0 Å². The molecule has 0 unspecified atom stereocenters. The van der Waals surface area contributed by atoms with E-state index in [2.05, 4.69) is 10.1 Å². The van der Waals surface area contributed by atoms with Crippen LogP contribution in [0.25, 0.3) is 11.4 Å². The predicted octanol–water partition coefficient (Wildman–Crippen LogP) is 1.90. The van der Waals surface area contributed by atoms with E-state index >= 15 is 0 Å². The van der Waals surface area contributed by atoms with Gasteiger partial charge in [-0.3, -0.25) is 0 Å². The maximum absolute atomic E-state index is 5.70. The molecule has 0 saturated heterocycles. The fourth-order valence-electron chi connectivity index (χ4n) is 1.52. The number of nitrogen functional groups attached to an aromatic ring is 1. The molecule has 0 bridgehead atoms. The van der Waals surface area contributed by atoms with Crippen LogP contribution in [-0.2, 0) is 11.2 Å². The van der Waals surface area contributed by atoms with Crippen molar-refractivity contribution in [3.63, 3.8) is 0 Å². The van der Waals surface area contributed by atoms with Gasteiger partial charge in [-0.05, 0) is 18.6 Å². The summed E-state index contributed by atoms with van der Waals surface area (Å²) in [5.74, 6) is 1.20. The lowest BCUT2D eigenvalue weighted by molar-refractivity contribution is 0.192. The van der Waals surface area contributed by atoms with Crippen molar-refractivity contribution in [3.05, 3.63) is 30.2 Å². The number of aromatic nitrogens is 2. The summed E-state index contributed by atoms with van der Waals surface area (Å²) in [6.45, 7) is 0.690. The smallest absolute Gasteiger partial charge is 0.227 e. The van der Waals surface area contributed by atoms with Crippen molar-refractivity contribution in [1.82, 2.24) is 10.1 Å². The fraction of sp³-hybridized carbons (Fsp3) is 0.333. The molecule has 2 aromatic rings. The van der Waals surface area contributed by atoms with Crippen molar-refractivity contribution in [2.24, 2.45) is 0 Å². The minimum Gasteiger partial charge on any atom is -0.399 e. The number of benzene rings is 1. The Bertz CT molecular complexity index is 482. The van der Waals surface area contributed by atoms with E-state index in [9.17, 15) is 0 Å². The summed E-state index contributed by atoms with van der Waals surface area (Å²) in [5.41, 5.74) is 7.25. The summed E-state index contributed by atoms with van der Waals surface area (Å²) >= 11 is 0. The molecule has 17 heavy (non-hydrogen) atoms. The highest BCUT2D eigenvalue weighted by Crippen LogP contribution is 2.18. The highest BCUT2D eigenvalue weighted by atomic mass is 16.5. The molecule has 0 aliphatic carbocycles. The van der Waals surface area contributed by atoms with Crippen LogP contribution in [0.4, 0.5) is 5.69 Å². The third-order valence-electron chi connectivity index (χ3n) is 2.35. The molecule has 1 aromatic heterocycles. The van der Waals surface area contributed by atoms with Crippen molar-refractivity contribution in [2.75, 3.05) is 19.5 Å². The molecular weight excluding hydrogens is 218 g/mol. The highest BCUT2D eigenvalue weighted by Gasteiger charge is 2.08. The third-order valence-corrected chi connectivity index (χ3v) is 2.35. The van der Waals surface area contributed by atoms with Gasteiger partial charge in [0, 0.05) is 31.4 Å². The molecule has 0 radical (unpaired) electrons. The quantitative estimate of drug-likeness (QED) is 0.630. The topological polar surface area (TPSA) is 74.2 Å². The largest absolute Gasteiger partial charge is 0.399 e. The molecule has 1 heterocycles. The monoisotopic (exact) mass is 233 g/mol. The lowest BCUT2D eigenvalue weighted by atomic mass is 10.2. The van der Waals surface area contributed by atoms with E-state index in [0.717, 1.165) is 18.4 Å². The second-order valence-corrected chi connectivity index (χ2v) is 3.73. The molecule has 0 aliphatic heterocycles. The second kappa shape index (κ2) is 5.45. The van der Waals surface area contributed by atoms with Gasteiger partial charge in [0.25, 0.3) is 0 Å². The molecule has 1 aromatic carbocycles. The Morgan fingerprint density at radius 2 is 2.29 bits per heavy atom. The normalized spacial score (nSPS) is 10.6. The molecule has 0 fully saturated rings. The fourth-order valence-corrected chi connectivity index (χ4v) is 1.52. The van der Waals surface area contributed by atoms with Crippen LogP contribution in [0.15, 0.2) is 28.8 Å². The molecule has 5 nitrogen and oxygen atoms in total. The molecule has 0 amide bonds. The third kappa shape index (κ3) is 3.04. The van der Waals surface area contributed by atoms with Crippen LogP contribution < -0.4 is 5.73 Å². The van der Waals surface area contributed by atoms with Crippen molar-refractivity contribution in [1.29, 1.82) is 0 Å². The number of anilines is 1. The number of nitrogens with zero attached hydrogens (tertiary/aromatic N) is 2. The molecular formula is C12H15N3O2. The minimum absolute atomic E-state index is 0.574. The van der Waals surface area contributed by atoms with E-state index in [-0.39, 0.29) is 0 Å². The first-order chi connectivity index (χ1) is 8.29. The number of nitrogens with two attached hydrogens (primary N) is 1. The van der Waals surface area contributed by atoms with Gasteiger partial charge in [0.15, 0.2) is 0 Å². The zero-order chi connectivity index (χ0) is 12.1. The Balaban J connectivity index is 2.07. The van der Waals surface area contributed by atoms with Crippen molar-refractivity contribution >= 4 is 5.69 Å². The van der Waals surface area contributed by atoms with Crippen LogP contribution in [0.5, 0.6) is 0 Å². The molecule has 2 N–H and O–H groups in total. The standard InChI is InChI=1S/C12H15N3O2/c1-16-7-3-6-11-14-12(15-17-11)9-4-2-5-10(13)8-9/h2,4-5,8H,3,6-7,13H2,1H3. The van der Waals surface area contributed by atoms with Gasteiger partial charge >= 0.3 is 0 Å². The Labute approximate surface area is 99.6 Å². The van der Waals surface area contributed by atoms with E-state index in [1.54, 1.807) is 7.11 Å². The summed E-state index contributed by atoms with van der Waals surface area (Å²) in [7, 11) is 1.67. The lowest BCUT2D eigenvalue weighted by Gasteiger charge is -1.95. The van der Waals surface area contributed by atoms with Gasteiger partial charge in [-0.25, -0.2) is 0 Å². The molecule has 0 atom stereocenters. The van der Waals surface area contributed by atoms with Crippen LogP contribution in [-0.4, -0.2) is 23.9 Å². The van der Waals surface area contributed by atoms with Gasteiger partial charge in [-0.2, -0.15) is 4.98 Å². The van der Waals surface area contributed by atoms with E-state index < -0.39 is 0 Å². The van der Waals surface area contributed by atoms with Gasteiger partial charge < -0.3 is 15.0 Å². The predicted molar refractivity (Wildman–Crippen MR) is 64.3 cm³/mol. The number of rotatable bonds is 5. The molecule has 5 heteroatoms. The van der Waals surface area contributed by atoms with Gasteiger partial charge in [0.05, 0.1) is 0 Å². The van der Waals surface area contributed by atoms with Crippen molar-refractivity contribution < 1.29 is 9.26 Å². The number of aryl methyl sites for hydroxylation is 1. The maximum atomic E-state index is 5.70. The Morgan fingerprint density at radius 3 is 3.06 bits per heavy atom. The van der Waals surface area contributed by atoms with Gasteiger partial charge in [0.1, 0.15) is 0 Å². The van der Waals surface area contributed by atoms with Gasteiger partial charge in [-0.1, -0.05) is 17.3 Å².